The molecular formula is C18H20N4O2. The fourth-order valence-corrected chi connectivity index (χ4v) is 3.51. The van der Waals surface area contributed by atoms with Crippen LogP contribution in [-0.4, -0.2) is 33.1 Å². The molecule has 2 heterocycles. The van der Waals surface area contributed by atoms with Gasteiger partial charge in [-0.1, -0.05) is 12.1 Å². The number of likely N-dealkylation sites (tertiary alicyclic amines) is 1. The molecule has 0 bridgehead atoms. The van der Waals surface area contributed by atoms with Crippen molar-refractivity contribution >= 4 is 11.7 Å². The molecule has 2 amide bonds. The van der Waals surface area contributed by atoms with Gasteiger partial charge in [0.1, 0.15) is 0 Å². The lowest BCUT2D eigenvalue weighted by Gasteiger charge is -2.27. The van der Waals surface area contributed by atoms with Crippen LogP contribution in [0.5, 0.6) is 0 Å². The second kappa shape index (κ2) is 6.11. The van der Waals surface area contributed by atoms with E-state index in [2.05, 4.69) is 10.3 Å². The molecule has 6 nitrogen and oxygen atoms in total. The van der Waals surface area contributed by atoms with Crippen LogP contribution >= 0.6 is 0 Å². The lowest BCUT2D eigenvalue weighted by molar-refractivity contribution is 0.195. The summed E-state index contributed by atoms with van der Waals surface area (Å²) in [5, 5.41) is 2.99. The van der Waals surface area contributed by atoms with Gasteiger partial charge < -0.3 is 10.2 Å². The van der Waals surface area contributed by atoms with Crippen LogP contribution in [0.1, 0.15) is 24.8 Å². The van der Waals surface area contributed by atoms with E-state index in [0.29, 0.717) is 18.5 Å². The molecule has 2 fully saturated rings. The van der Waals surface area contributed by atoms with Crippen LogP contribution < -0.4 is 11.0 Å². The zero-order valence-corrected chi connectivity index (χ0v) is 13.4. The van der Waals surface area contributed by atoms with Crippen LogP contribution in [-0.2, 0) is 6.54 Å². The second-order valence-corrected chi connectivity index (χ2v) is 6.56. The van der Waals surface area contributed by atoms with Crippen LogP contribution in [0, 0.1) is 5.92 Å². The molecule has 6 heteroatoms. The molecule has 0 radical (unpaired) electrons. The van der Waals surface area contributed by atoms with Crippen LogP contribution in [0.4, 0.5) is 10.5 Å². The Morgan fingerprint density at radius 1 is 1.33 bits per heavy atom. The number of carbonyl (C=O) groups excluding carboxylic acids is 1. The summed E-state index contributed by atoms with van der Waals surface area (Å²) < 4.78 is 1.54. The highest BCUT2D eigenvalue weighted by Crippen LogP contribution is 2.43. The number of piperidine rings is 1. The molecule has 2 aliphatic rings. The number of fused-ring (bicyclic) bond motifs is 1. The van der Waals surface area contributed by atoms with Crippen molar-refractivity contribution in [2.45, 2.75) is 31.8 Å². The Balaban J connectivity index is 1.45. The standard InChI is InChI=1S/C18H20N4O2/c23-17-19-7-3-8-21(17)12-13-4-1-6-15(10-13)20-18(24)22-9-2-5-14-11-16(14)22/h1,3-4,6-8,10,14,16H,2,5,9,11-12H2,(H,20,24). The zero-order valence-electron chi connectivity index (χ0n) is 13.4. The van der Waals surface area contributed by atoms with Gasteiger partial charge in [0.05, 0.1) is 6.54 Å². The maximum absolute atomic E-state index is 12.5. The van der Waals surface area contributed by atoms with Crippen LogP contribution in [0.2, 0.25) is 0 Å². The topological polar surface area (TPSA) is 67.2 Å². The van der Waals surface area contributed by atoms with Crippen molar-refractivity contribution in [2.24, 2.45) is 5.92 Å². The van der Waals surface area contributed by atoms with Crippen LogP contribution in [0.25, 0.3) is 0 Å². The van der Waals surface area contributed by atoms with E-state index in [4.69, 9.17) is 0 Å². The van der Waals surface area contributed by atoms with Crippen molar-refractivity contribution in [3.05, 3.63) is 58.8 Å². The minimum absolute atomic E-state index is 0.0158. The number of carbonyl (C=O) groups is 1. The van der Waals surface area contributed by atoms with Crippen molar-refractivity contribution in [3.8, 4) is 0 Å². The van der Waals surface area contributed by atoms with Crippen LogP contribution in [0.3, 0.4) is 0 Å². The maximum atomic E-state index is 12.5. The minimum Gasteiger partial charge on any atom is -0.321 e. The molecule has 0 spiro atoms. The van der Waals surface area contributed by atoms with Gasteiger partial charge in [0.2, 0.25) is 0 Å². The number of hydrogen-bond acceptors (Lipinski definition) is 3. The smallest absolute Gasteiger partial charge is 0.321 e. The van der Waals surface area contributed by atoms with E-state index < -0.39 is 0 Å². The number of hydrogen-bond donors (Lipinski definition) is 1. The highest BCUT2D eigenvalue weighted by atomic mass is 16.2. The Morgan fingerprint density at radius 3 is 3.12 bits per heavy atom. The number of nitrogens with zero attached hydrogens (tertiary/aromatic N) is 3. The Kier molecular flexibility index (Phi) is 3.80. The zero-order chi connectivity index (χ0) is 16.5. The average Bonchev–Trinajstić information content (AvgIpc) is 3.37. The van der Waals surface area contributed by atoms with Gasteiger partial charge >= 0.3 is 11.7 Å². The van der Waals surface area contributed by atoms with E-state index in [-0.39, 0.29) is 11.7 Å². The van der Waals surface area contributed by atoms with Crippen molar-refractivity contribution in [2.75, 3.05) is 11.9 Å². The molecule has 1 aliphatic carbocycles. The van der Waals surface area contributed by atoms with Gasteiger partial charge in [-0.3, -0.25) is 4.57 Å². The largest absolute Gasteiger partial charge is 0.347 e. The Bertz CT molecular complexity index is 816. The summed E-state index contributed by atoms with van der Waals surface area (Å²) in [6.45, 7) is 1.28. The highest BCUT2D eigenvalue weighted by Gasteiger charge is 2.45. The molecule has 1 aromatic heterocycles. The average molecular weight is 324 g/mol. The minimum atomic E-state index is -0.278. The van der Waals surface area contributed by atoms with Crippen LogP contribution in [0.15, 0.2) is 47.5 Å². The molecule has 2 atom stereocenters. The summed E-state index contributed by atoms with van der Waals surface area (Å²) in [6, 6.07) is 9.77. The number of anilines is 1. The maximum Gasteiger partial charge on any atom is 0.347 e. The molecule has 2 unspecified atom stereocenters. The van der Waals surface area contributed by atoms with E-state index in [0.717, 1.165) is 30.6 Å². The van der Waals surface area contributed by atoms with Crippen molar-refractivity contribution in [1.29, 1.82) is 0 Å². The molecule has 24 heavy (non-hydrogen) atoms. The molecule has 2 aromatic rings. The first kappa shape index (κ1) is 14.9. The Hall–Kier alpha value is -2.63. The lowest BCUT2D eigenvalue weighted by atomic mass is 10.1. The number of nitrogens with one attached hydrogen (secondary N) is 1. The van der Waals surface area contributed by atoms with E-state index in [1.165, 1.54) is 12.6 Å². The third-order valence-corrected chi connectivity index (χ3v) is 4.83. The molecule has 1 saturated carbocycles. The van der Waals surface area contributed by atoms with Crippen molar-refractivity contribution < 1.29 is 4.79 Å². The van der Waals surface area contributed by atoms with E-state index >= 15 is 0 Å². The first-order chi connectivity index (χ1) is 11.7. The van der Waals surface area contributed by atoms with Gasteiger partial charge in [-0.15, -0.1) is 0 Å². The van der Waals surface area contributed by atoms with Crippen molar-refractivity contribution in [1.82, 2.24) is 14.5 Å². The first-order valence-electron chi connectivity index (χ1n) is 8.39. The fourth-order valence-electron chi connectivity index (χ4n) is 3.51. The molecule has 124 valence electrons. The SMILES string of the molecule is O=C(Nc1cccc(Cn2cccnc2=O)c1)N1CCCC2CC21. The Labute approximate surface area is 140 Å². The number of benzene rings is 1. The summed E-state index contributed by atoms with van der Waals surface area (Å²) in [5.74, 6) is 0.716. The predicted molar refractivity (Wildman–Crippen MR) is 90.9 cm³/mol. The first-order valence-corrected chi connectivity index (χ1v) is 8.39. The monoisotopic (exact) mass is 324 g/mol. The molecule has 1 saturated heterocycles. The molecule has 4 rings (SSSR count). The van der Waals surface area contributed by atoms with E-state index in [1.807, 2.05) is 29.2 Å². The highest BCUT2D eigenvalue weighted by molar-refractivity contribution is 5.90. The number of amides is 2. The lowest BCUT2D eigenvalue weighted by Crippen LogP contribution is -2.40. The normalized spacial score (nSPS) is 21.9. The van der Waals surface area contributed by atoms with Gasteiger partial charge in [0.15, 0.2) is 0 Å². The summed E-state index contributed by atoms with van der Waals surface area (Å²) >= 11 is 0. The van der Waals surface area contributed by atoms with Gasteiger partial charge in [0.25, 0.3) is 0 Å². The molecular weight excluding hydrogens is 304 g/mol. The summed E-state index contributed by atoms with van der Waals surface area (Å²) in [4.78, 5) is 29.9. The van der Waals surface area contributed by atoms with Gasteiger partial charge in [-0.05, 0) is 48.9 Å². The summed E-state index contributed by atoms with van der Waals surface area (Å²) in [5.41, 5.74) is 1.43. The number of rotatable bonds is 3. The quantitative estimate of drug-likeness (QED) is 0.942. The van der Waals surface area contributed by atoms with Gasteiger partial charge in [0, 0.05) is 30.7 Å². The predicted octanol–water partition coefficient (Wildman–Crippen LogP) is 2.31. The number of urea groups is 1. The van der Waals surface area contributed by atoms with E-state index in [9.17, 15) is 9.59 Å². The summed E-state index contributed by atoms with van der Waals surface area (Å²) in [6.07, 6.45) is 6.69. The van der Waals surface area contributed by atoms with Crippen molar-refractivity contribution in [3.63, 3.8) is 0 Å². The Morgan fingerprint density at radius 2 is 2.25 bits per heavy atom. The third-order valence-electron chi connectivity index (χ3n) is 4.83. The van der Waals surface area contributed by atoms with E-state index in [1.54, 1.807) is 16.8 Å². The summed E-state index contributed by atoms with van der Waals surface area (Å²) in [7, 11) is 0. The molecule has 1 N–H and O–H groups in total. The molecule has 1 aromatic carbocycles. The van der Waals surface area contributed by atoms with Gasteiger partial charge in [-0.25, -0.2) is 14.6 Å². The van der Waals surface area contributed by atoms with Gasteiger partial charge in [-0.2, -0.15) is 0 Å². The second-order valence-electron chi connectivity index (χ2n) is 6.56. The number of aromatic nitrogens is 2. The molecule has 1 aliphatic heterocycles. The third kappa shape index (κ3) is 3.04. The fraction of sp³-hybridized carbons (Fsp3) is 0.389.